The first kappa shape index (κ1) is 22.1. The molecule has 0 radical (unpaired) electrons. The van der Waals surface area contributed by atoms with Gasteiger partial charge in [-0.1, -0.05) is 24.3 Å². The molecule has 0 fully saturated rings. The van der Waals surface area contributed by atoms with Crippen LogP contribution in [0.4, 0.5) is 10.8 Å². The second-order valence-corrected chi connectivity index (χ2v) is 7.37. The Kier molecular flexibility index (Phi) is 7.06. The van der Waals surface area contributed by atoms with Gasteiger partial charge in [0.2, 0.25) is 0 Å². The van der Waals surface area contributed by atoms with Crippen molar-refractivity contribution in [2.45, 2.75) is 19.6 Å². The Morgan fingerprint density at radius 1 is 1.23 bits per heavy atom. The number of thiazole rings is 1. The molecule has 1 unspecified atom stereocenters. The van der Waals surface area contributed by atoms with Gasteiger partial charge in [0.15, 0.2) is 11.2 Å². The first-order valence-electron chi connectivity index (χ1n) is 9.17. The van der Waals surface area contributed by atoms with E-state index in [9.17, 15) is 19.7 Å². The maximum absolute atomic E-state index is 12.4. The predicted octanol–water partition coefficient (Wildman–Crippen LogP) is 4.05. The smallest absolute Gasteiger partial charge is 0.338 e. The quantitative estimate of drug-likeness (QED) is 0.318. The Labute approximate surface area is 181 Å². The molecule has 160 valence electrons. The van der Waals surface area contributed by atoms with Crippen molar-refractivity contribution in [1.29, 1.82) is 0 Å². The van der Waals surface area contributed by atoms with E-state index in [1.54, 1.807) is 42.8 Å². The number of ether oxygens (including phenoxy) is 2. The van der Waals surface area contributed by atoms with Gasteiger partial charge < -0.3 is 9.47 Å². The minimum Gasteiger partial charge on any atom is -0.449 e. The van der Waals surface area contributed by atoms with E-state index in [0.717, 1.165) is 16.9 Å². The summed E-state index contributed by atoms with van der Waals surface area (Å²) in [4.78, 5) is 39.5. The number of amides is 1. The molecule has 1 aromatic heterocycles. The zero-order valence-electron chi connectivity index (χ0n) is 16.7. The Bertz CT molecular complexity index is 1110. The monoisotopic (exact) mass is 441 g/mol. The van der Waals surface area contributed by atoms with Crippen LogP contribution in [0.2, 0.25) is 0 Å². The molecule has 10 heteroatoms. The molecule has 3 rings (SSSR count). The molecule has 31 heavy (non-hydrogen) atoms. The Hall–Kier alpha value is -3.63. The van der Waals surface area contributed by atoms with E-state index >= 15 is 0 Å². The van der Waals surface area contributed by atoms with Gasteiger partial charge in [0, 0.05) is 30.2 Å². The summed E-state index contributed by atoms with van der Waals surface area (Å²) in [5.74, 6) is -1.17. The number of carbonyl (C=O) groups is 2. The Morgan fingerprint density at radius 2 is 2.00 bits per heavy atom. The number of nitrogens with zero attached hydrogens (tertiary/aromatic N) is 2. The highest BCUT2D eigenvalue weighted by Gasteiger charge is 2.20. The average molecular weight is 441 g/mol. The SMILES string of the molecule is COCc1cccc(C(=O)OC(C)C(=O)Nc2nc(-c3cccc([N+](=O)[O-])c3)cs2)c1. The summed E-state index contributed by atoms with van der Waals surface area (Å²) in [7, 11) is 1.56. The molecule has 0 aliphatic rings. The highest BCUT2D eigenvalue weighted by Crippen LogP contribution is 2.27. The van der Waals surface area contributed by atoms with Gasteiger partial charge in [0.25, 0.3) is 11.6 Å². The second-order valence-electron chi connectivity index (χ2n) is 6.52. The summed E-state index contributed by atoms with van der Waals surface area (Å²) in [6, 6.07) is 12.8. The molecule has 0 spiro atoms. The number of hydrogen-bond donors (Lipinski definition) is 1. The van der Waals surface area contributed by atoms with Gasteiger partial charge in [-0.3, -0.25) is 20.2 Å². The van der Waals surface area contributed by atoms with Crippen molar-refractivity contribution in [1.82, 2.24) is 4.98 Å². The molecule has 9 nitrogen and oxygen atoms in total. The van der Waals surface area contributed by atoms with E-state index in [0.29, 0.717) is 23.4 Å². The summed E-state index contributed by atoms with van der Waals surface area (Å²) >= 11 is 1.16. The molecule has 1 heterocycles. The van der Waals surface area contributed by atoms with Crippen LogP contribution in [-0.4, -0.2) is 35.0 Å². The lowest BCUT2D eigenvalue weighted by Gasteiger charge is -2.12. The van der Waals surface area contributed by atoms with Crippen LogP contribution in [0.3, 0.4) is 0 Å². The molecule has 0 aliphatic heterocycles. The van der Waals surface area contributed by atoms with Crippen molar-refractivity contribution < 1.29 is 24.0 Å². The van der Waals surface area contributed by atoms with Crippen molar-refractivity contribution in [3.63, 3.8) is 0 Å². The van der Waals surface area contributed by atoms with Crippen LogP contribution >= 0.6 is 11.3 Å². The zero-order valence-corrected chi connectivity index (χ0v) is 17.5. The third kappa shape index (κ3) is 5.71. The molecule has 1 amide bonds. The van der Waals surface area contributed by atoms with Crippen molar-refractivity contribution >= 4 is 34.0 Å². The minimum atomic E-state index is -1.05. The number of nitrogens with one attached hydrogen (secondary N) is 1. The van der Waals surface area contributed by atoms with Crippen molar-refractivity contribution in [3.05, 3.63) is 75.2 Å². The molecule has 1 atom stereocenters. The van der Waals surface area contributed by atoms with Crippen LogP contribution in [0.15, 0.2) is 53.9 Å². The molecule has 0 saturated carbocycles. The minimum absolute atomic E-state index is 0.0498. The molecule has 0 saturated heterocycles. The van der Waals surface area contributed by atoms with Crippen molar-refractivity contribution in [3.8, 4) is 11.3 Å². The Morgan fingerprint density at radius 3 is 2.74 bits per heavy atom. The molecular weight excluding hydrogens is 422 g/mol. The molecule has 1 N–H and O–H groups in total. The zero-order chi connectivity index (χ0) is 22.4. The maximum atomic E-state index is 12.4. The fraction of sp³-hybridized carbons (Fsp3) is 0.190. The Balaban J connectivity index is 1.63. The number of nitro groups is 1. The first-order chi connectivity index (χ1) is 14.9. The molecular formula is C21H19N3O6S. The van der Waals surface area contributed by atoms with Crippen LogP contribution in [0.1, 0.15) is 22.8 Å². The van der Waals surface area contributed by atoms with E-state index in [-0.39, 0.29) is 10.8 Å². The number of hydrogen-bond acceptors (Lipinski definition) is 8. The molecule has 0 bridgehead atoms. The fourth-order valence-corrected chi connectivity index (χ4v) is 3.41. The van der Waals surface area contributed by atoms with Crippen molar-refractivity contribution in [2.24, 2.45) is 0 Å². The largest absolute Gasteiger partial charge is 0.449 e. The summed E-state index contributed by atoms with van der Waals surface area (Å²) in [5, 5.41) is 15.5. The van der Waals surface area contributed by atoms with Gasteiger partial charge in [-0.25, -0.2) is 9.78 Å². The van der Waals surface area contributed by atoms with Crippen molar-refractivity contribution in [2.75, 3.05) is 12.4 Å². The molecule has 3 aromatic rings. The van der Waals surface area contributed by atoms with Gasteiger partial charge >= 0.3 is 5.97 Å². The lowest BCUT2D eigenvalue weighted by Crippen LogP contribution is -2.30. The molecule has 0 aliphatic carbocycles. The van der Waals surface area contributed by atoms with E-state index in [1.165, 1.54) is 19.1 Å². The van der Waals surface area contributed by atoms with Gasteiger partial charge in [0.1, 0.15) is 0 Å². The standard InChI is InChI=1S/C21H19N3O6S/c1-13(30-20(26)16-7-3-5-14(9-16)11-29-2)19(25)23-21-22-18(12-31-21)15-6-4-8-17(10-15)24(27)28/h3-10,12-13H,11H2,1-2H3,(H,22,23,25). The summed E-state index contributed by atoms with van der Waals surface area (Å²) < 4.78 is 10.3. The van der Waals surface area contributed by atoms with Crippen LogP contribution < -0.4 is 5.32 Å². The van der Waals surface area contributed by atoms with E-state index in [1.807, 2.05) is 6.07 Å². The topological polar surface area (TPSA) is 121 Å². The number of esters is 1. The van der Waals surface area contributed by atoms with E-state index in [2.05, 4.69) is 10.3 Å². The molecule has 2 aromatic carbocycles. The van der Waals surface area contributed by atoms with Crippen LogP contribution in [0.5, 0.6) is 0 Å². The lowest BCUT2D eigenvalue weighted by molar-refractivity contribution is -0.384. The number of benzene rings is 2. The van der Waals surface area contributed by atoms with Gasteiger partial charge in [0.05, 0.1) is 22.8 Å². The van der Waals surface area contributed by atoms with Gasteiger partial charge in [-0.2, -0.15) is 0 Å². The van der Waals surface area contributed by atoms with Crippen LogP contribution in [0.25, 0.3) is 11.3 Å². The normalized spacial score (nSPS) is 11.5. The van der Waals surface area contributed by atoms with E-state index < -0.39 is 22.9 Å². The second kappa shape index (κ2) is 9.92. The predicted molar refractivity (Wildman–Crippen MR) is 115 cm³/mol. The van der Waals surface area contributed by atoms with Gasteiger partial charge in [-0.15, -0.1) is 11.3 Å². The van der Waals surface area contributed by atoms with E-state index in [4.69, 9.17) is 9.47 Å². The fourth-order valence-electron chi connectivity index (χ4n) is 2.69. The lowest BCUT2D eigenvalue weighted by atomic mass is 10.1. The third-order valence-corrected chi connectivity index (χ3v) is 4.97. The van der Waals surface area contributed by atoms with Crippen LogP contribution in [-0.2, 0) is 20.9 Å². The highest BCUT2D eigenvalue weighted by molar-refractivity contribution is 7.14. The number of rotatable bonds is 8. The number of methoxy groups -OCH3 is 1. The van der Waals surface area contributed by atoms with Gasteiger partial charge in [-0.05, 0) is 24.6 Å². The first-order valence-corrected chi connectivity index (χ1v) is 10.1. The number of non-ortho nitro benzene ring substituents is 1. The maximum Gasteiger partial charge on any atom is 0.338 e. The third-order valence-electron chi connectivity index (χ3n) is 4.21. The van der Waals surface area contributed by atoms with Crippen LogP contribution in [0, 0.1) is 10.1 Å². The number of aromatic nitrogens is 1. The average Bonchev–Trinajstić information content (AvgIpc) is 3.22. The number of carbonyl (C=O) groups excluding carboxylic acids is 2. The highest BCUT2D eigenvalue weighted by atomic mass is 32.1. The summed E-state index contributed by atoms with van der Waals surface area (Å²) in [5.41, 5.74) is 2.12. The number of anilines is 1. The summed E-state index contributed by atoms with van der Waals surface area (Å²) in [6.45, 7) is 1.81. The number of nitro benzene ring substituents is 1. The summed E-state index contributed by atoms with van der Waals surface area (Å²) in [6.07, 6.45) is -1.05.